The fourth-order valence-electron chi connectivity index (χ4n) is 2.60. The van der Waals surface area contributed by atoms with Gasteiger partial charge < -0.3 is 15.0 Å². The molecule has 1 fully saturated rings. The van der Waals surface area contributed by atoms with Crippen LogP contribution in [-0.2, 0) is 4.74 Å². The van der Waals surface area contributed by atoms with E-state index in [0.29, 0.717) is 5.92 Å². The molecule has 5 heteroatoms. The molecule has 0 aromatic heterocycles. The minimum absolute atomic E-state index is 0.0294. The van der Waals surface area contributed by atoms with Crippen molar-refractivity contribution in [1.29, 1.82) is 0 Å². The number of rotatable bonds is 4. The zero-order chi connectivity index (χ0) is 14.5. The highest BCUT2D eigenvalue weighted by molar-refractivity contribution is 5.90. The Morgan fingerprint density at radius 3 is 3.05 bits per heavy atom. The molecule has 0 saturated carbocycles. The first-order chi connectivity index (χ1) is 9.60. The molecule has 0 bridgehead atoms. The molecule has 1 aliphatic heterocycles. The highest BCUT2D eigenvalue weighted by atomic mass is 19.1. The van der Waals surface area contributed by atoms with Gasteiger partial charge in [0.25, 0.3) is 0 Å². The monoisotopic (exact) mass is 280 g/mol. The van der Waals surface area contributed by atoms with Crippen LogP contribution in [0.15, 0.2) is 18.2 Å². The summed E-state index contributed by atoms with van der Waals surface area (Å²) in [6.07, 6.45) is 2.40. The van der Waals surface area contributed by atoms with E-state index in [4.69, 9.17) is 0 Å². The molecule has 1 N–H and O–H groups in total. The van der Waals surface area contributed by atoms with Crippen LogP contribution in [0, 0.1) is 11.7 Å². The van der Waals surface area contributed by atoms with E-state index in [2.05, 4.69) is 22.0 Å². The number of benzene rings is 1. The van der Waals surface area contributed by atoms with Crippen LogP contribution in [0.5, 0.6) is 0 Å². The molecule has 4 nitrogen and oxygen atoms in total. The number of carbonyl (C=O) groups excluding carboxylic acids is 1. The molecule has 110 valence electrons. The van der Waals surface area contributed by atoms with Crippen molar-refractivity contribution in [2.45, 2.75) is 12.8 Å². The molecule has 0 aliphatic carbocycles. The van der Waals surface area contributed by atoms with Crippen LogP contribution in [0.2, 0.25) is 0 Å². The van der Waals surface area contributed by atoms with E-state index in [-0.39, 0.29) is 5.56 Å². The average molecular weight is 280 g/mol. The summed E-state index contributed by atoms with van der Waals surface area (Å²) in [5.74, 6) is -0.622. The normalized spacial score (nSPS) is 19.6. The van der Waals surface area contributed by atoms with Crippen molar-refractivity contribution in [3.05, 3.63) is 29.6 Å². The summed E-state index contributed by atoms with van der Waals surface area (Å²) in [5.41, 5.74) is 0.721. The summed E-state index contributed by atoms with van der Waals surface area (Å²) in [5, 5.41) is 3.28. The first-order valence-electron chi connectivity index (χ1n) is 6.90. The standard InChI is InChI=1S/C15H21FN2O2/c1-18-7-3-4-11(10-18)9-17-12-5-6-14(16)13(8-12)15(19)20-2/h5-6,8,11,17H,3-4,7,9-10H2,1-2H3. The fourth-order valence-corrected chi connectivity index (χ4v) is 2.60. The maximum atomic E-state index is 13.5. The summed E-state index contributed by atoms with van der Waals surface area (Å²) in [7, 11) is 3.37. The lowest BCUT2D eigenvalue weighted by Crippen LogP contribution is -2.35. The van der Waals surface area contributed by atoms with Crippen LogP contribution < -0.4 is 5.32 Å². The van der Waals surface area contributed by atoms with Gasteiger partial charge in [-0.2, -0.15) is 0 Å². The molecule has 1 atom stereocenters. The maximum absolute atomic E-state index is 13.5. The van der Waals surface area contributed by atoms with Crippen molar-refractivity contribution < 1.29 is 13.9 Å². The van der Waals surface area contributed by atoms with Gasteiger partial charge in [0.1, 0.15) is 5.82 Å². The summed E-state index contributed by atoms with van der Waals surface area (Å²) in [6.45, 7) is 3.05. The van der Waals surface area contributed by atoms with E-state index in [0.717, 1.165) is 25.3 Å². The predicted molar refractivity (Wildman–Crippen MR) is 76.5 cm³/mol. The van der Waals surface area contributed by atoms with Gasteiger partial charge in [-0.15, -0.1) is 0 Å². The molecular formula is C15H21FN2O2. The number of esters is 1. The van der Waals surface area contributed by atoms with E-state index >= 15 is 0 Å². The molecule has 1 aromatic rings. The third-order valence-electron chi connectivity index (χ3n) is 3.69. The molecule has 1 aromatic carbocycles. The first-order valence-corrected chi connectivity index (χ1v) is 6.90. The SMILES string of the molecule is COC(=O)c1cc(NCC2CCCN(C)C2)ccc1F. The van der Waals surface area contributed by atoms with Gasteiger partial charge in [-0.25, -0.2) is 9.18 Å². The maximum Gasteiger partial charge on any atom is 0.340 e. The summed E-state index contributed by atoms with van der Waals surface area (Å²) in [6, 6.07) is 4.45. The van der Waals surface area contributed by atoms with Crippen molar-refractivity contribution in [3.63, 3.8) is 0 Å². The lowest BCUT2D eigenvalue weighted by molar-refractivity contribution is 0.0595. The number of hydrogen-bond donors (Lipinski definition) is 1. The number of methoxy groups -OCH3 is 1. The van der Waals surface area contributed by atoms with Crippen molar-refractivity contribution >= 4 is 11.7 Å². The van der Waals surface area contributed by atoms with Crippen LogP contribution in [0.4, 0.5) is 10.1 Å². The van der Waals surface area contributed by atoms with E-state index in [1.54, 1.807) is 6.07 Å². The van der Waals surface area contributed by atoms with E-state index in [1.165, 1.54) is 32.1 Å². The molecule has 0 amide bonds. The Morgan fingerprint density at radius 2 is 2.35 bits per heavy atom. The smallest absolute Gasteiger partial charge is 0.340 e. The third-order valence-corrected chi connectivity index (χ3v) is 3.69. The second kappa shape index (κ2) is 6.70. The van der Waals surface area contributed by atoms with Gasteiger partial charge in [-0.1, -0.05) is 0 Å². The van der Waals surface area contributed by atoms with Gasteiger partial charge in [0.05, 0.1) is 12.7 Å². The summed E-state index contributed by atoms with van der Waals surface area (Å²) in [4.78, 5) is 13.8. The highest BCUT2D eigenvalue weighted by Gasteiger charge is 2.17. The molecule has 1 heterocycles. The van der Waals surface area contributed by atoms with Crippen LogP contribution in [0.1, 0.15) is 23.2 Å². The minimum Gasteiger partial charge on any atom is -0.465 e. The quantitative estimate of drug-likeness (QED) is 0.860. The lowest BCUT2D eigenvalue weighted by Gasteiger charge is -2.30. The number of nitrogens with one attached hydrogen (secondary N) is 1. The van der Waals surface area contributed by atoms with Crippen LogP contribution >= 0.6 is 0 Å². The topological polar surface area (TPSA) is 41.6 Å². The first kappa shape index (κ1) is 14.8. The molecule has 0 radical (unpaired) electrons. The Morgan fingerprint density at radius 1 is 1.55 bits per heavy atom. The second-order valence-corrected chi connectivity index (χ2v) is 5.34. The number of carbonyl (C=O) groups is 1. The second-order valence-electron chi connectivity index (χ2n) is 5.34. The van der Waals surface area contributed by atoms with Gasteiger partial charge in [0.2, 0.25) is 0 Å². The van der Waals surface area contributed by atoms with Crippen LogP contribution in [0.3, 0.4) is 0 Å². The molecule has 1 saturated heterocycles. The van der Waals surface area contributed by atoms with E-state index in [9.17, 15) is 9.18 Å². The summed E-state index contributed by atoms with van der Waals surface area (Å²) < 4.78 is 18.1. The number of piperidine rings is 1. The van der Waals surface area contributed by atoms with Gasteiger partial charge >= 0.3 is 5.97 Å². The van der Waals surface area contributed by atoms with Crippen LogP contribution in [-0.4, -0.2) is 44.7 Å². The molecule has 1 unspecified atom stereocenters. The number of halogens is 1. The molecule has 20 heavy (non-hydrogen) atoms. The van der Waals surface area contributed by atoms with E-state index in [1.807, 2.05) is 0 Å². The van der Waals surface area contributed by atoms with Gasteiger partial charge in [0.15, 0.2) is 0 Å². The fraction of sp³-hybridized carbons (Fsp3) is 0.533. The predicted octanol–water partition coefficient (Wildman–Crippen LogP) is 2.37. The number of ether oxygens (including phenoxy) is 1. The van der Waals surface area contributed by atoms with E-state index < -0.39 is 11.8 Å². The largest absolute Gasteiger partial charge is 0.465 e. The number of likely N-dealkylation sites (tertiary alicyclic amines) is 1. The van der Waals surface area contributed by atoms with Crippen molar-refractivity contribution in [2.24, 2.45) is 5.92 Å². The zero-order valence-electron chi connectivity index (χ0n) is 12.0. The Bertz CT molecular complexity index is 479. The molecule has 0 spiro atoms. The molecular weight excluding hydrogens is 259 g/mol. The van der Waals surface area contributed by atoms with Gasteiger partial charge in [0, 0.05) is 18.8 Å². The lowest BCUT2D eigenvalue weighted by atomic mass is 9.98. The Hall–Kier alpha value is -1.62. The Labute approximate surface area is 118 Å². The number of hydrogen-bond acceptors (Lipinski definition) is 4. The zero-order valence-corrected chi connectivity index (χ0v) is 12.0. The van der Waals surface area contributed by atoms with Crippen molar-refractivity contribution in [1.82, 2.24) is 4.90 Å². The Kier molecular flexibility index (Phi) is 4.95. The Balaban J connectivity index is 1.97. The number of nitrogens with zero attached hydrogens (tertiary/aromatic N) is 1. The van der Waals surface area contributed by atoms with Gasteiger partial charge in [-0.05, 0) is 50.6 Å². The minimum atomic E-state index is -0.649. The average Bonchev–Trinajstić information content (AvgIpc) is 2.45. The summed E-state index contributed by atoms with van der Waals surface area (Å²) >= 11 is 0. The molecule has 2 rings (SSSR count). The number of anilines is 1. The van der Waals surface area contributed by atoms with Gasteiger partial charge in [-0.3, -0.25) is 0 Å². The van der Waals surface area contributed by atoms with Crippen LogP contribution in [0.25, 0.3) is 0 Å². The highest BCUT2D eigenvalue weighted by Crippen LogP contribution is 2.19. The molecule has 1 aliphatic rings. The van der Waals surface area contributed by atoms with Crippen molar-refractivity contribution in [2.75, 3.05) is 39.1 Å². The van der Waals surface area contributed by atoms with Crippen molar-refractivity contribution in [3.8, 4) is 0 Å². The third kappa shape index (κ3) is 3.70.